The van der Waals surface area contributed by atoms with Crippen LogP contribution in [0, 0.1) is 17.1 Å². The maximum absolute atomic E-state index is 14.1. The Balaban J connectivity index is 1.68. The Kier molecular flexibility index (Phi) is 5.14. The number of aromatic nitrogens is 1. The third-order valence-electron chi connectivity index (χ3n) is 4.60. The van der Waals surface area contributed by atoms with Crippen LogP contribution >= 0.6 is 23.4 Å². The molecule has 1 aromatic heterocycles. The molecule has 0 bridgehead atoms. The minimum atomic E-state index is -0.569. The van der Waals surface area contributed by atoms with Crippen molar-refractivity contribution in [1.29, 1.82) is 5.26 Å². The zero-order valence-electron chi connectivity index (χ0n) is 14.9. The van der Waals surface area contributed by atoms with Crippen molar-refractivity contribution in [3.8, 4) is 6.07 Å². The molecule has 0 atom stereocenters. The summed E-state index contributed by atoms with van der Waals surface area (Å²) in [7, 11) is 0. The first-order valence-electron chi connectivity index (χ1n) is 8.62. The largest absolute Gasteiger partial charge is 0.333 e. The van der Waals surface area contributed by atoms with Gasteiger partial charge >= 0.3 is 0 Å². The normalized spacial score (nSPS) is 15.5. The van der Waals surface area contributed by atoms with Gasteiger partial charge in [-0.05, 0) is 36.0 Å². The van der Waals surface area contributed by atoms with Crippen LogP contribution in [0.4, 0.5) is 9.18 Å². The van der Waals surface area contributed by atoms with E-state index in [-0.39, 0.29) is 28.6 Å². The second-order valence-electron chi connectivity index (χ2n) is 6.36. The number of carbonyl (C=O) groups is 2. The van der Waals surface area contributed by atoms with Gasteiger partial charge in [0.05, 0.1) is 17.5 Å². The molecule has 1 aliphatic heterocycles. The van der Waals surface area contributed by atoms with Crippen molar-refractivity contribution in [3.63, 3.8) is 0 Å². The molecule has 2 heterocycles. The molecule has 0 N–H and O–H groups in total. The van der Waals surface area contributed by atoms with Gasteiger partial charge in [-0.2, -0.15) is 5.26 Å². The highest BCUT2D eigenvalue weighted by molar-refractivity contribution is 8.18. The molecule has 0 spiro atoms. The fraction of sp³-hybridized carbons (Fsp3) is 0.0952. The van der Waals surface area contributed by atoms with Crippen molar-refractivity contribution in [2.24, 2.45) is 0 Å². The number of para-hydroxylation sites is 1. The highest BCUT2D eigenvalue weighted by Crippen LogP contribution is 2.36. The lowest BCUT2D eigenvalue weighted by molar-refractivity contribution is -0.123. The molecule has 1 aliphatic rings. The van der Waals surface area contributed by atoms with Crippen LogP contribution < -0.4 is 0 Å². The summed E-state index contributed by atoms with van der Waals surface area (Å²) >= 11 is 6.83. The van der Waals surface area contributed by atoms with Gasteiger partial charge in [0.1, 0.15) is 12.4 Å². The summed E-state index contributed by atoms with van der Waals surface area (Å²) in [5.41, 5.74) is 1.69. The van der Waals surface area contributed by atoms with Gasteiger partial charge in [-0.25, -0.2) is 4.39 Å². The summed E-state index contributed by atoms with van der Waals surface area (Å²) in [6, 6.07) is 13.8. The van der Waals surface area contributed by atoms with Gasteiger partial charge in [0.25, 0.3) is 11.1 Å². The zero-order valence-corrected chi connectivity index (χ0v) is 16.5. The van der Waals surface area contributed by atoms with Crippen molar-refractivity contribution >= 4 is 51.5 Å². The molecular formula is C21H13ClFN3O2S. The molecular weight excluding hydrogens is 413 g/mol. The highest BCUT2D eigenvalue weighted by atomic mass is 35.5. The van der Waals surface area contributed by atoms with Gasteiger partial charge in [0.15, 0.2) is 0 Å². The number of amides is 2. The van der Waals surface area contributed by atoms with Crippen LogP contribution in [0.2, 0.25) is 5.02 Å². The number of fused-ring (bicyclic) bond motifs is 1. The molecule has 1 saturated heterocycles. The summed E-state index contributed by atoms with van der Waals surface area (Å²) in [5, 5.41) is 9.57. The Morgan fingerprint density at radius 1 is 1.17 bits per heavy atom. The van der Waals surface area contributed by atoms with Crippen molar-refractivity contribution in [1.82, 2.24) is 9.47 Å². The summed E-state index contributed by atoms with van der Waals surface area (Å²) < 4.78 is 15.8. The Morgan fingerprint density at radius 3 is 2.72 bits per heavy atom. The maximum atomic E-state index is 14.1. The van der Waals surface area contributed by atoms with Gasteiger partial charge in [-0.15, -0.1) is 0 Å². The molecule has 2 amide bonds. The average molecular weight is 426 g/mol. The summed E-state index contributed by atoms with van der Waals surface area (Å²) in [6.45, 7) is -0.0642. The number of halogens is 2. The molecule has 8 heteroatoms. The third-order valence-corrected chi connectivity index (χ3v) is 5.86. The molecule has 29 heavy (non-hydrogen) atoms. The number of imide groups is 1. The van der Waals surface area contributed by atoms with Crippen LogP contribution in [-0.2, 0) is 17.9 Å². The SMILES string of the molecule is N#CCn1cc(C=C2SC(=O)N(Cc3c(F)cccc3Cl)C2=O)c2ccccc21. The van der Waals surface area contributed by atoms with E-state index in [4.69, 9.17) is 16.9 Å². The van der Waals surface area contributed by atoms with Crippen LogP contribution in [0.3, 0.4) is 0 Å². The molecule has 0 saturated carbocycles. The average Bonchev–Trinajstić information content (AvgIpc) is 3.17. The molecule has 4 rings (SSSR count). The van der Waals surface area contributed by atoms with Crippen LogP contribution in [0.5, 0.6) is 0 Å². The topological polar surface area (TPSA) is 66.1 Å². The van der Waals surface area contributed by atoms with Crippen LogP contribution in [0.15, 0.2) is 53.6 Å². The van der Waals surface area contributed by atoms with E-state index in [1.807, 2.05) is 24.3 Å². The second kappa shape index (κ2) is 7.74. The molecule has 0 aliphatic carbocycles. The van der Waals surface area contributed by atoms with Crippen molar-refractivity contribution in [3.05, 3.63) is 75.5 Å². The first-order chi connectivity index (χ1) is 14.0. The first-order valence-corrected chi connectivity index (χ1v) is 9.82. The second-order valence-corrected chi connectivity index (χ2v) is 7.76. The molecule has 5 nitrogen and oxygen atoms in total. The quantitative estimate of drug-likeness (QED) is 0.539. The van der Waals surface area contributed by atoms with E-state index in [9.17, 15) is 14.0 Å². The first kappa shape index (κ1) is 19.2. The number of nitriles is 1. The molecule has 144 valence electrons. The molecule has 2 aromatic carbocycles. The van der Waals surface area contributed by atoms with Crippen molar-refractivity contribution < 1.29 is 14.0 Å². The summed E-state index contributed by atoms with van der Waals surface area (Å²) in [4.78, 5) is 26.4. The fourth-order valence-corrected chi connectivity index (χ4v) is 4.27. The Labute approximate surface area is 175 Å². The van der Waals surface area contributed by atoms with E-state index in [1.54, 1.807) is 16.8 Å². The van der Waals surface area contributed by atoms with Crippen molar-refractivity contribution in [2.45, 2.75) is 13.1 Å². The lowest BCUT2D eigenvalue weighted by atomic mass is 10.1. The van der Waals surface area contributed by atoms with E-state index in [2.05, 4.69) is 6.07 Å². The number of rotatable bonds is 4. The summed E-state index contributed by atoms with van der Waals surface area (Å²) in [5.74, 6) is -1.07. The van der Waals surface area contributed by atoms with E-state index < -0.39 is 17.0 Å². The third kappa shape index (κ3) is 3.53. The van der Waals surface area contributed by atoms with Gasteiger partial charge in [0.2, 0.25) is 0 Å². The van der Waals surface area contributed by atoms with E-state index in [1.165, 1.54) is 18.2 Å². The van der Waals surface area contributed by atoms with Crippen molar-refractivity contribution in [2.75, 3.05) is 0 Å². The number of hydrogen-bond acceptors (Lipinski definition) is 4. The van der Waals surface area contributed by atoms with Gasteiger partial charge in [-0.1, -0.05) is 35.9 Å². The number of benzene rings is 2. The number of nitrogens with zero attached hydrogens (tertiary/aromatic N) is 3. The maximum Gasteiger partial charge on any atom is 0.293 e. The van der Waals surface area contributed by atoms with E-state index in [0.717, 1.165) is 33.1 Å². The number of hydrogen-bond donors (Lipinski definition) is 0. The van der Waals surface area contributed by atoms with Crippen LogP contribution in [0.1, 0.15) is 11.1 Å². The number of carbonyl (C=O) groups excluding carboxylic acids is 2. The predicted octanol–water partition coefficient (Wildman–Crippen LogP) is 5.19. The predicted molar refractivity (Wildman–Crippen MR) is 110 cm³/mol. The van der Waals surface area contributed by atoms with Gasteiger partial charge < -0.3 is 4.57 Å². The van der Waals surface area contributed by atoms with Crippen LogP contribution in [-0.4, -0.2) is 20.6 Å². The highest BCUT2D eigenvalue weighted by Gasteiger charge is 2.36. The molecule has 0 unspecified atom stereocenters. The fourth-order valence-electron chi connectivity index (χ4n) is 3.22. The Bertz CT molecular complexity index is 1210. The minimum Gasteiger partial charge on any atom is -0.333 e. The number of thioether (sulfide) groups is 1. The lowest BCUT2D eigenvalue weighted by Crippen LogP contribution is -2.28. The smallest absolute Gasteiger partial charge is 0.293 e. The van der Waals surface area contributed by atoms with Crippen LogP contribution in [0.25, 0.3) is 17.0 Å². The Morgan fingerprint density at radius 2 is 1.97 bits per heavy atom. The monoisotopic (exact) mass is 425 g/mol. The van der Waals surface area contributed by atoms with E-state index in [0.29, 0.717) is 0 Å². The van der Waals surface area contributed by atoms with Gasteiger partial charge in [-0.3, -0.25) is 14.5 Å². The van der Waals surface area contributed by atoms with Gasteiger partial charge in [0, 0.05) is 33.2 Å². The standard InChI is InChI=1S/C21H13ClFN3O2S/c22-16-5-3-6-17(23)15(16)12-26-20(27)19(29-21(26)28)10-13-11-25(9-8-24)18-7-2-1-4-14(13)18/h1-7,10-11H,9,12H2. The summed E-state index contributed by atoms with van der Waals surface area (Å²) in [6.07, 6.45) is 3.40. The lowest BCUT2D eigenvalue weighted by Gasteiger charge is -2.14. The minimum absolute atomic E-state index is 0.100. The molecule has 0 radical (unpaired) electrons. The Hall–Kier alpha value is -3.08. The van der Waals surface area contributed by atoms with E-state index >= 15 is 0 Å². The zero-order chi connectivity index (χ0) is 20.5. The molecule has 3 aromatic rings. The molecule has 1 fully saturated rings.